The van der Waals surface area contributed by atoms with E-state index in [1.54, 1.807) is 0 Å². The first kappa shape index (κ1) is 13.8. The van der Waals surface area contributed by atoms with E-state index >= 15 is 0 Å². The first-order valence-corrected chi connectivity index (χ1v) is 6.62. The number of hydrogen-bond acceptors (Lipinski definition) is 2. The summed E-state index contributed by atoms with van der Waals surface area (Å²) in [6.45, 7) is 9.15. The van der Waals surface area contributed by atoms with E-state index in [0.717, 1.165) is 24.2 Å². The Morgan fingerprint density at radius 2 is 2.16 bits per heavy atom. The van der Waals surface area contributed by atoms with Gasteiger partial charge in [0.1, 0.15) is 5.82 Å². The molecule has 0 saturated carbocycles. The van der Waals surface area contributed by atoms with Crippen LogP contribution in [0.25, 0.3) is 0 Å². The number of aromatic carboxylic acids is 1. The molecule has 0 amide bonds. The first-order valence-electron chi connectivity index (χ1n) is 6.62. The Labute approximate surface area is 113 Å². The molecular weight excluding hydrogens is 245 g/mol. The van der Waals surface area contributed by atoms with Crippen molar-refractivity contribution in [3.8, 4) is 0 Å². The monoisotopic (exact) mass is 265 g/mol. The molecule has 0 aromatic heterocycles. The van der Waals surface area contributed by atoms with Gasteiger partial charge in [-0.25, -0.2) is 9.18 Å². The number of fused-ring (bicyclic) bond motifs is 1. The molecule has 3 nitrogen and oxygen atoms in total. The normalized spacial score (nSPS) is 21.1. The minimum absolute atomic E-state index is 0.0433. The molecule has 19 heavy (non-hydrogen) atoms. The fraction of sp³-hybridized carbons (Fsp3) is 0.533. The smallest absolute Gasteiger partial charge is 0.338 e. The third kappa shape index (κ3) is 2.20. The van der Waals surface area contributed by atoms with Gasteiger partial charge in [-0.3, -0.25) is 0 Å². The summed E-state index contributed by atoms with van der Waals surface area (Å²) in [4.78, 5) is 13.2. The van der Waals surface area contributed by atoms with Crippen molar-refractivity contribution in [1.82, 2.24) is 0 Å². The summed E-state index contributed by atoms with van der Waals surface area (Å²) in [6.07, 6.45) is 0.929. The molecule has 1 aromatic carbocycles. The van der Waals surface area contributed by atoms with Crippen molar-refractivity contribution in [2.45, 2.75) is 45.6 Å². The first-order chi connectivity index (χ1) is 8.77. The summed E-state index contributed by atoms with van der Waals surface area (Å²) in [5, 5.41) is 9.03. The van der Waals surface area contributed by atoms with Gasteiger partial charge < -0.3 is 10.0 Å². The number of carboxylic acids is 1. The van der Waals surface area contributed by atoms with Gasteiger partial charge in [-0.15, -0.1) is 0 Å². The second kappa shape index (κ2) is 4.51. The van der Waals surface area contributed by atoms with Crippen molar-refractivity contribution >= 4 is 11.7 Å². The minimum Gasteiger partial charge on any atom is -0.478 e. The maximum absolute atomic E-state index is 13.9. The number of halogens is 1. The van der Waals surface area contributed by atoms with E-state index in [4.69, 9.17) is 5.11 Å². The minimum atomic E-state index is -1.21. The number of anilines is 1. The van der Waals surface area contributed by atoms with E-state index in [9.17, 15) is 9.18 Å². The number of carbonyl (C=O) groups is 1. The number of hydrogen-bond donors (Lipinski definition) is 1. The van der Waals surface area contributed by atoms with Crippen molar-refractivity contribution in [3.05, 3.63) is 29.1 Å². The average molecular weight is 265 g/mol. The Morgan fingerprint density at radius 1 is 1.53 bits per heavy atom. The van der Waals surface area contributed by atoms with Crippen LogP contribution in [-0.2, 0) is 0 Å². The fourth-order valence-electron chi connectivity index (χ4n) is 3.27. The second-order valence-corrected chi connectivity index (χ2v) is 5.86. The highest BCUT2D eigenvalue weighted by Gasteiger charge is 2.36. The SMILES string of the molecule is CCN1c2cc(F)c(C(=O)O)cc2[C@H](C)CC1(C)C. The van der Waals surface area contributed by atoms with Gasteiger partial charge in [0.15, 0.2) is 0 Å². The van der Waals surface area contributed by atoms with Gasteiger partial charge in [0.2, 0.25) is 0 Å². The van der Waals surface area contributed by atoms with Crippen molar-refractivity contribution < 1.29 is 14.3 Å². The van der Waals surface area contributed by atoms with Gasteiger partial charge in [0.25, 0.3) is 0 Å². The van der Waals surface area contributed by atoms with Crippen LogP contribution in [-0.4, -0.2) is 23.2 Å². The Balaban J connectivity index is 2.63. The largest absolute Gasteiger partial charge is 0.478 e. The van der Waals surface area contributed by atoms with Crippen molar-refractivity contribution in [1.29, 1.82) is 0 Å². The van der Waals surface area contributed by atoms with Crippen LogP contribution in [0.1, 0.15) is 56.0 Å². The van der Waals surface area contributed by atoms with Crippen LogP contribution in [0.3, 0.4) is 0 Å². The second-order valence-electron chi connectivity index (χ2n) is 5.86. The molecular formula is C15H20FNO2. The van der Waals surface area contributed by atoms with Crippen LogP contribution in [0.5, 0.6) is 0 Å². The molecule has 0 unspecified atom stereocenters. The van der Waals surface area contributed by atoms with Gasteiger partial charge in [0, 0.05) is 17.8 Å². The maximum atomic E-state index is 13.9. The zero-order valence-electron chi connectivity index (χ0n) is 11.8. The quantitative estimate of drug-likeness (QED) is 0.887. The number of nitrogens with zero attached hydrogens (tertiary/aromatic N) is 1. The lowest BCUT2D eigenvalue weighted by atomic mass is 9.79. The Kier molecular flexibility index (Phi) is 3.29. The third-order valence-corrected chi connectivity index (χ3v) is 4.02. The molecule has 0 spiro atoms. The summed E-state index contributed by atoms with van der Waals surface area (Å²) in [5.74, 6) is -1.64. The Morgan fingerprint density at radius 3 is 2.68 bits per heavy atom. The molecule has 1 aliphatic heterocycles. The standard InChI is InChI=1S/C15H20FNO2/c1-5-17-13-7-12(16)11(14(18)19)6-10(13)9(2)8-15(17,3)4/h6-7,9H,5,8H2,1-4H3,(H,18,19)/t9-/m1/s1. The number of rotatable bonds is 2. The van der Waals surface area contributed by atoms with Crippen molar-refractivity contribution in [3.63, 3.8) is 0 Å². The van der Waals surface area contributed by atoms with Crippen LogP contribution in [0.15, 0.2) is 12.1 Å². The van der Waals surface area contributed by atoms with Gasteiger partial charge in [-0.1, -0.05) is 6.92 Å². The molecule has 1 atom stereocenters. The lowest BCUT2D eigenvalue weighted by Crippen LogP contribution is -2.48. The molecule has 1 aromatic rings. The Hall–Kier alpha value is -1.58. The van der Waals surface area contributed by atoms with Crippen LogP contribution < -0.4 is 4.90 Å². The van der Waals surface area contributed by atoms with E-state index in [1.807, 2.05) is 6.92 Å². The summed E-state index contributed by atoms with van der Waals surface area (Å²) in [6, 6.07) is 2.87. The van der Waals surface area contributed by atoms with Crippen molar-refractivity contribution in [2.75, 3.05) is 11.4 Å². The van der Waals surface area contributed by atoms with Crippen LogP contribution in [0, 0.1) is 5.82 Å². The molecule has 4 heteroatoms. The van der Waals surface area contributed by atoms with E-state index in [2.05, 4.69) is 25.7 Å². The molecule has 1 aliphatic rings. The van der Waals surface area contributed by atoms with Crippen LogP contribution in [0.2, 0.25) is 0 Å². The average Bonchev–Trinajstić information content (AvgIpc) is 2.26. The van der Waals surface area contributed by atoms with E-state index in [0.29, 0.717) is 0 Å². The zero-order chi connectivity index (χ0) is 14.4. The number of carboxylic acid groups (broad SMARTS) is 1. The third-order valence-electron chi connectivity index (χ3n) is 4.02. The predicted octanol–water partition coefficient (Wildman–Crippen LogP) is 3.64. The molecule has 1 heterocycles. The summed E-state index contributed by atoms with van der Waals surface area (Å²) in [7, 11) is 0. The van der Waals surface area contributed by atoms with Crippen LogP contribution in [0.4, 0.5) is 10.1 Å². The summed E-state index contributed by atoms with van der Waals surface area (Å²) >= 11 is 0. The molecule has 104 valence electrons. The predicted molar refractivity (Wildman–Crippen MR) is 73.5 cm³/mol. The zero-order valence-corrected chi connectivity index (χ0v) is 11.8. The maximum Gasteiger partial charge on any atom is 0.338 e. The van der Waals surface area contributed by atoms with E-state index in [-0.39, 0.29) is 17.0 Å². The van der Waals surface area contributed by atoms with E-state index in [1.165, 1.54) is 12.1 Å². The lowest BCUT2D eigenvalue weighted by molar-refractivity contribution is 0.0691. The van der Waals surface area contributed by atoms with Gasteiger partial charge in [-0.05, 0) is 50.8 Å². The molecule has 0 fully saturated rings. The highest BCUT2D eigenvalue weighted by atomic mass is 19.1. The van der Waals surface area contributed by atoms with E-state index < -0.39 is 11.8 Å². The highest BCUT2D eigenvalue weighted by Crippen LogP contribution is 2.43. The molecule has 0 radical (unpaired) electrons. The topological polar surface area (TPSA) is 40.5 Å². The Bertz CT molecular complexity index is 525. The molecule has 0 saturated heterocycles. The molecule has 0 bridgehead atoms. The van der Waals surface area contributed by atoms with Gasteiger partial charge in [0.05, 0.1) is 5.56 Å². The van der Waals surface area contributed by atoms with Gasteiger partial charge in [-0.2, -0.15) is 0 Å². The lowest BCUT2D eigenvalue weighted by Gasteiger charge is -2.47. The molecule has 0 aliphatic carbocycles. The molecule has 2 rings (SSSR count). The van der Waals surface area contributed by atoms with Gasteiger partial charge >= 0.3 is 5.97 Å². The van der Waals surface area contributed by atoms with Crippen LogP contribution >= 0.6 is 0 Å². The fourth-order valence-corrected chi connectivity index (χ4v) is 3.27. The summed E-state index contributed by atoms with van der Waals surface area (Å²) < 4.78 is 13.9. The number of benzene rings is 1. The molecule has 1 N–H and O–H groups in total. The summed E-state index contributed by atoms with van der Waals surface area (Å²) in [5.41, 5.74) is 1.48. The highest BCUT2D eigenvalue weighted by molar-refractivity contribution is 5.89. The van der Waals surface area contributed by atoms with Crippen molar-refractivity contribution in [2.24, 2.45) is 0 Å².